The van der Waals surface area contributed by atoms with E-state index in [2.05, 4.69) is 0 Å². The number of benzene rings is 1. The van der Waals surface area contributed by atoms with E-state index < -0.39 is 10.8 Å². The number of fused-ring (bicyclic) bond motifs is 1. The fourth-order valence-electron chi connectivity index (χ4n) is 2.05. The highest BCUT2D eigenvalue weighted by atomic mass is 32.2. The van der Waals surface area contributed by atoms with Gasteiger partial charge in [0.15, 0.2) is 6.23 Å². The van der Waals surface area contributed by atoms with Gasteiger partial charge in [-0.15, -0.1) is 0 Å². The first kappa shape index (κ1) is 11.5. The lowest BCUT2D eigenvalue weighted by atomic mass is 10.2. The second-order valence-corrected chi connectivity index (χ2v) is 5.79. The Morgan fingerprint density at radius 2 is 2.17 bits per heavy atom. The highest BCUT2D eigenvalue weighted by Gasteiger charge is 2.43. The van der Waals surface area contributed by atoms with Crippen LogP contribution in [0.15, 0.2) is 47.1 Å². The van der Waals surface area contributed by atoms with Gasteiger partial charge in [0.2, 0.25) is 5.91 Å². The van der Waals surface area contributed by atoms with Crippen LogP contribution >= 0.6 is 0 Å². The molecule has 1 aromatic carbocycles. The SMILES string of the molecule is O=C1C[C@H]2O/C(=C\CS(=O)c3ccccc3)CN12. The second kappa shape index (κ2) is 4.57. The molecule has 0 bridgehead atoms. The zero-order chi connectivity index (χ0) is 12.5. The fourth-order valence-corrected chi connectivity index (χ4v) is 3.04. The van der Waals surface area contributed by atoms with Gasteiger partial charge in [-0.25, -0.2) is 0 Å². The Labute approximate surface area is 108 Å². The van der Waals surface area contributed by atoms with Crippen LogP contribution in [-0.4, -0.2) is 33.5 Å². The van der Waals surface area contributed by atoms with Crippen molar-refractivity contribution in [3.05, 3.63) is 42.2 Å². The van der Waals surface area contributed by atoms with E-state index in [0.717, 1.165) is 10.7 Å². The second-order valence-electron chi connectivity index (χ2n) is 4.29. The minimum Gasteiger partial charge on any atom is -0.473 e. The first-order valence-electron chi connectivity index (χ1n) is 5.82. The van der Waals surface area contributed by atoms with Crippen LogP contribution in [0.4, 0.5) is 0 Å². The third-order valence-electron chi connectivity index (χ3n) is 3.10. The molecule has 2 fully saturated rings. The normalized spacial score (nSPS) is 25.6. The number of hydrogen-bond donors (Lipinski definition) is 0. The zero-order valence-corrected chi connectivity index (χ0v) is 10.6. The van der Waals surface area contributed by atoms with Gasteiger partial charge in [0.1, 0.15) is 5.76 Å². The van der Waals surface area contributed by atoms with E-state index in [0.29, 0.717) is 18.7 Å². The summed E-state index contributed by atoms with van der Waals surface area (Å²) in [5, 5.41) is 0. The molecule has 0 radical (unpaired) electrons. The predicted molar refractivity (Wildman–Crippen MR) is 67.0 cm³/mol. The molecule has 3 rings (SSSR count). The largest absolute Gasteiger partial charge is 0.473 e. The molecule has 2 heterocycles. The predicted octanol–water partition coefficient (Wildman–Crippen LogP) is 1.27. The molecule has 0 spiro atoms. The molecule has 0 aromatic heterocycles. The average molecular weight is 263 g/mol. The fraction of sp³-hybridized carbons (Fsp3) is 0.308. The van der Waals surface area contributed by atoms with Crippen LogP contribution in [-0.2, 0) is 20.3 Å². The molecule has 1 aromatic rings. The maximum Gasteiger partial charge on any atom is 0.231 e. The smallest absolute Gasteiger partial charge is 0.231 e. The van der Waals surface area contributed by atoms with Crippen molar-refractivity contribution in [2.45, 2.75) is 17.5 Å². The zero-order valence-electron chi connectivity index (χ0n) is 9.74. The van der Waals surface area contributed by atoms with Crippen molar-refractivity contribution in [2.24, 2.45) is 0 Å². The molecular weight excluding hydrogens is 250 g/mol. The number of ether oxygens (including phenoxy) is 1. The Hall–Kier alpha value is -1.62. The van der Waals surface area contributed by atoms with Gasteiger partial charge in [0, 0.05) is 10.6 Å². The summed E-state index contributed by atoms with van der Waals surface area (Å²) in [5.41, 5.74) is 0. The topological polar surface area (TPSA) is 46.6 Å². The lowest BCUT2D eigenvalue weighted by Crippen LogP contribution is -2.48. The van der Waals surface area contributed by atoms with Gasteiger partial charge < -0.3 is 4.74 Å². The van der Waals surface area contributed by atoms with E-state index in [9.17, 15) is 9.00 Å². The molecule has 2 aliphatic rings. The monoisotopic (exact) mass is 263 g/mol. The van der Waals surface area contributed by atoms with Crippen molar-refractivity contribution in [3.63, 3.8) is 0 Å². The molecule has 1 amide bonds. The Morgan fingerprint density at radius 1 is 1.39 bits per heavy atom. The van der Waals surface area contributed by atoms with Gasteiger partial charge in [0.25, 0.3) is 0 Å². The Morgan fingerprint density at radius 3 is 2.83 bits per heavy atom. The highest BCUT2D eigenvalue weighted by Crippen LogP contribution is 2.30. The van der Waals surface area contributed by atoms with E-state index >= 15 is 0 Å². The first-order chi connectivity index (χ1) is 8.74. The van der Waals surface area contributed by atoms with Crippen molar-refractivity contribution < 1.29 is 13.7 Å². The first-order valence-corrected chi connectivity index (χ1v) is 7.14. The maximum absolute atomic E-state index is 12.0. The molecule has 5 heteroatoms. The van der Waals surface area contributed by atoms with Crippen LogP contribution in [0.5, 0.6) is 0 Å². The molecule has 2 saturated heterocycles. The summed E-state index contributed by atoms with van der Waals surface area (Å²) < 4.78 is 17.5. The van der Waals surface area contributed by atoms with Crippen molar-refractivity contribution in [1.82, 2.24) is 4.90 Å². The molecule has 0 N–H and O–H groups in total. The van der Waals surface area contributed by atoms with Gasteiger partial charge in [-0.2, -0.15) is 0 Å². The molecule has 0 saturated carbocycles. The number of hydrogen-bond acceptors (Lipinski definition) is 3. The summed E-state index contributed by atoms with van der Waals surface area (Å²) >= 11 is 0. The summed E-state index contributed by atoms with van der Waals surface area (Å²) in [6.45, 7) is 0.523. The summed E-state index contributed by atoms with van der Waals surface area (Å²) in [5.74, 6) is 1.32. The third-order valence-corrected chi connectivity index (χ3v) is 4.37. The van der Waals surface area contributed by atoms with Gasteiger partial charge >= 0.3 is 0 Å². The molecule has 1 unspecified atom stereocenters. The van der Waals surface area contributed by atoms with E-state index in [-0.39, 0.29) is 12.1 Å². The van der Waals surface area contributed by atoms with Crippen LogP contribution in [0.1, 0.15) is 6.42 Å². The maximum atomic E-state index is 12.0. The van der Waals surface area contributed by atoms with Gasteiger partial charge in [0.05, 0.1) is 23.8 Å². The van der Waals surface area contributed by atoms with Crippen LogP contribution in [0.3, 0.4) is 0 Å². The minimum atomic E-state index is -1.05. The summed E-state index contributed by atoms with van der Waals surface area (Å²) in [6.07, 6.45) is 2.22. The van der Waals surface area contributed by atoms with E-state index in [1.54, 1.807) is 4.90 Å². The molecule has 2 aliphatic heterocycles. The highest BCUT2D eigenvalue weighted by molar-refractivity contribution is 7.85. The van der Waals surface area contributed by atoms with Gasteiger partial charge in [-0.1, -0.05) is 18.2 Å². The van der Waals surface area contributed by atoms with Crippen LogP contribution in [0, 0.1) is 0 Å². The number of carbonyl (C=O) groups is 1. The van der Waals surface area contributed by atoms with Gasteiger partial charge in [-0.3, -0.25) is 13.9 Å². The average Bonchev–Trinajstić information content (AvgIpc) is 2.74. The molecule has 4 nitrogen and oxygen atoms in total. The van der Waals surface area contributed by atoms with E-state index in [1.165, 1.54) is 0 Å². The molecular formula is C13H13NO3S. The number of rotatable bonds is 3. The standard InChI is InChI=1S/C13H13NO3S/c15-12-8-13-14(12)9-10(17-13)6-7-18(16)11-4-2-1-3-5-11/h1-6,13H,7-9H2/b10-6-/t13-,18?/m1/s1. The summed E-state index contributed by atoms with van der Waals surface area (Å²) in [4.78, 5) is 13.7. The van der Waals surface area contributed by atoms with Crippen LogP contribution < -0.4 is 0 Å². The molecule has 0 aliphatic carbocycles. The van der Waals surface area contributed by atoms with Crippen molar-refractivity contribution >= 4 is 16.7 Å². The number of amides is 1. The van der Waals surface area contributed by atoms with Crippen molar-refractivity contribution in [3.8, 4) is 0 Å². The van der Waals surface area contributed by atoms with E-state index in [1.807, 2.05) is 36.4 Å². The summed E-state index contributed by atoms with van der Waals surface area (Å²) in [7, 11) is -1.05. The molecule has 94 valence electrons. The number of carbonyl (C=O) groups excluding carboxylic acids is 1. The Bertz CT molecular complexity index is 526. The third kappa shape index (κ3) is 2.06. The number of nitrogens with zero attached hydrogens (tertiary/aromatic N) is 1. The van der Waals surface area contributed by atoms with Crippen molar-refractivity contribution in [2.75, 3.05) is 12.3 Å². The lowest BCUT2D eigenvalue weighted by molar-refractivity contribution is -0.154. The van der Waals surface area contributed by atoms with Crippen LogP contribution in [0.2, 0.25) is 0 Å². The van der Waals surface area contributed by atoms with Crippen LogP contribution in [0.25, 0.3) is 0 Å². The summed E-state index contributed by atoms with van der Waals surface area (Å²) in [6, 6.07) is 9.34. The van der Waals surface area contributed by atoms with E-state index in [4.69, 9.17) is 4.74 Å². The quantitative estimate of drug-likeness (QED) is 0.771. The minimum absolute atomic E-state index is 0.0751. The molecule has 2 atom stereocenters. The number of β-lactam (4-membered cyclic amide) rings is 1. The molecule has 18 heavy (non-hydrogen) atoms. The lowest BCUT2D eigenvalue weighted by Gasteiger charge is -2.30. The van der Waals surface area contributed by atoms with Crippen molar-refractivity contribution in [1.29, 1.82) is 0 Å². The Kier molecular flexibility index (Phi) is 2.91. The Balaban J connectivity index is 1.62. The van der Waals surface area contributed by atoms with Gasteiger partial charge in [-0.05, 0) is 18.2 Å².